The summed E-state index contributed by atoms with van der Waals surface area (Å²) < 4.78 is 0. The average molecular weight is 153 g/mol. The lowest BCUT2D eigenvalue weighted by atomic mass is 9.86. The fourth-order valence-electron chi connectivity index (χ4n) is 1.14. The van der Waals surface area contributed by atoms with Gasteiger partial charge in [-0.3, -0.25) is 0 Å². The van der Waals surface area contributed by atoms with Gasteiger partial charge in [-0.05, 0) is 13.3 Å². The van der Waals surface area contributed by atoms with Gasteiger partial charge in [0, 0.05) is 6.21 Å². The topological polar surface area (TPSA) is 50.7 Å². The van der Waals surface area contributed by atoms with Crippen molar-refractivity contribution in [2.24, 2.45) is 21.4 Å². The zero-order chi connectivity index (χ0) is 8.32. The van der Waals surface area contributed by atoms with Crippen LogP contribution in [0.5, 0.6) is 0 Å². The molecule has 2 N–H and O–H groups in total. The fraction of sp³-hybridized carbons (Fsp3) is 0.750. The van der Waals surface area contributed by atoms with Crippen molar-refractivity contribution in [2.75, 3.05) is 0 Å². The molecule has 0 saturated carbocycles. The van der Waals surface area contributed by atoms with E-state index in [9.17, 15) is 0 Å². The van der Waals surface area contributed by atoms with Gasteiger partial charge in [0.05, 0.1) is 5.41 Å². The molecule has 1 aliphatic heterocycles. The van der Waals surface area contributed by atoms with Crippen molar-refractivity contribution in [1.82, 2.24) is 0 Å². The zero-order valence-electron chi connectivity index (χ0n) is 7.17. The van der Waals surface area contributed by atoms with Crippen LogP contribution in [0.2, 0.25) is 0 Å². The van der Waals surface area contributed by atoms with E-state index in [0.717, 1.165) is 6.42 Å². The minimum absolute atomic E-state index is 0.0595. The van der Waals surface area contributed by atoms with Crippen molar-refractivity contribution >= 4 is 12.1 Å². The van der Waals surface area contributed by atoms with Crippen molar-refractivity contribution in [1.29, 1.82) is 0 Å². The maximum absolute atomic E-state index is 5.68. The Morgan fingerprint density at radius 1 is 1.64 bits per heavy atom. The van der Waals surface area contributed by atoms with Gasteiger partial charge in [-0.2, -0.15) is 5.10 Å². The van der Waals surface area contributed by atoms with Gasteiger partial charge in [0.1, 0.15) is 5.84 Å². The Labute approximate surface area is 67.4 Å². The minimum atomic E-state index is -0.0595. The molecule has 11 heavy (non-hydrogen) atoms. The molecule has 3 nitrogen and oxygen atoms in total. The SMILES string of the molecule is CCCCC1(C)C=NN=C1N. The van der Waals surface area contributed by atoms with Crippen molar-refractivity contribution in [2.45, 2.75) is 33.1 Å². The lowest BCUT2D eigenvalue weighted by Crippen LogP contribution is -2.33. The predicted octanol–water partition coefficient (Wildman–Crippen LogP) is 1.54. The monoisotopic (exact) mass is 153 g/mol. The van der Waals surface area contributed by atoms with Crippen LogP contribution in [0.1, 0.15) is 33.1 Å². The summed E-state index contributed by atoms with van der Waals surface area (Å²) in [6.45, 7) is 4.25. The Kier molecular flexibility index (Phi) is 2.27. The van der Waals surface area contributed by atoms with E-state index >= 15 is 0 Å². The van der Waals surface area contributed by atoms with Gasteiger partial charge in [0.2, 0.25) is 0 Å². The third kappa shape index (κ3) is 1.59. The van der Waals surface area contributed by atoms with Crippen LogP contribution in [0.4, 0.5) is 0 Å². The van der Waals surface area contributed by atoms with Gasteiger partial charge in [0.15, 0.2) is 0 Å². The molecule has 1 rings (SSSR count). The highest BCUT2D eigenvalue weighted by atomic mass is 15.3. The quantitative estimate of drug-likeness (QED) is 0.657. The first kappa shape index (κ1) is 8.24. The first-order chi connectivity index (χ1) is 5.19. The second-order valence-electron chi connectivity index (χ2n) is 3.25. The van der Waals surface area contributed by atoms with Crippen LogP contribution in [-0.4, -0.2) is 12.1 Å². The molecule has 0 aromatic rings. The average Bonchev–Trinajstić information content (AvgIpc) is 2.30. The maximum Gasteiger partial charge on any atom is 0.133 e. The molecule has 1 aliphatic rings. The Balaban J connectivity index is 2.53. The maximum atomic E-state index is 5.68. The molecule has 0 radical (unpaired) electrons. The molecule has 0 saturated heterocycles. The summed E-state index contributed by atoms with van der Waals surface area (Å²) in [5.41, 5.74) is 5.62. The van der Waals surface area contributed by atoms with Gasteiger partial charge >= 0.3 is 0 Å². The van der Waals surface area contributed by atoms with Crippen LogP contribution in [0, 0.1) is 5.41 Å². The van der Waals surface area contributed by atoms with Crippen LogP contribution in [0.25, 0.3) is 0 Å². The fourth-order valence-corrected chi connectivity index (χ4v) is 1.14. The summed E-state index contributed by atoms with van der Waals surface area (Å²) in [6.07, 6.45) is 5.27. The van der Waals surface area contributed by atoms with Crippen LogP contribution >= 0.6 is 0 Å². The highest BCUT2D eigenvalue weighted by molar-refractivity contribution is 6.03. The number of nitrogens with two attached hydrogens (primary N) is 1. The van der Waals surface area contributed by atoms with E-state index in [4.69, 9.17) is 5.73 Å². The largest absolute Gasteiger partial charge is 0.385 e. The number of unbranched alkanes of at least 4 members (excludes halogenated alkanes) is 1. The van der Waals surface area contributed by atoms with E-state index in [0.29, 0.717) is 5.84 Å². The molecule has 0 aliphatic carbocycles. The standard InChI is InChI=1S/C8H15N3/c1-3-4-5-8(2)6-10-11-7(8)9/h6H,3-5H2,1-2H3,(H2,9,11). The number of hydrogen-bond acceptors (Lipinski definition) is 3. The van der Waals surface area contributed by atoms with E-state index in [1.165, 1.54) is 12.8 Å². The van der Waals surface area contributed by atoms with E-state index in [2.05, 4.69) is 24.1 Å². The van der Waals surface area contributed by atoms with Crippen molar-refractivity contribution < 1.29 is 0 Å². The Bertz CT molecular complexity index is 196. The second kappa shape index (κ2) is 3.03. The molecule has 0 fully saturated rings. The molecule has 1 atom stereocenters. The predicted molar refractivity (Wildman–Crippen MR) is 47.7 cm³/mol. The third-order valence-corrected chi connectivity index (χ3v) is 2.14. The minimum Gasteiger partial charge on any atom is -0.385 e. The molecule has 62 valence electrons. The van der Waals surface area contributed by atoms with Crippen LogP contribution < -0.4 is 5.73 Å². The normalized spacial score (nSPS) is 29.1. The van der Waals surface area contributed by atoms with Crippen molar-refractivity contribution in [3.05, 3.63) is 0 Å². The number of hydrogen-bond donors (Lipinski definition) is 1. The van der Waals surface area contributed by atoms with Crippen LogP contribution in [0.3, 0.4) is 0 Å². The summed E-state index contributed by atoms with van der Waals surface area (Å²) >= 11 is 0. The molecule has 1 heterocycles. The van der Waals surface area contributed by atoms with Crippen LogP contribution in [0.15, 0.2) is 10.2 Å². The number of nitrogens with zero attached hydrogens (tertiary/aromatic N) is 2. The van der Waals surface area contributed by atoms with Crippen molar-refractivity contribution in [3.63, 3.8) is 0 Å². The highest BCUT2D eigenvalue weighted by Gasteiger charge is 2.29. The van der Waals surface area contributed by atoms with Gasteiger partial charge < -0.3 is 5.73 Å². The molecule has 0 aromatic carbocycles. The Morgan fingerprint density at radius 2 is 2.36 bits per heavy atom. The molecular weight excluding hydrogens is 138 g/mol. The third-order valence-electron chi connectivity index (χ3n) is 2.14. The van der Waals surface area contributed by atoms with Gasteiger partial charge in [-0.25, -0.2) is 0 Å². The number of amidine groups is 1. The van der Waals surface area contributed by atoms with E-state index in [1.54, 1.807) is 0 Å². The zero-order valence-corrected chi connectivity index (χ0v) is 7.17. The summed E-state index contributed by atoms with van der Waals surface area (Å²) in [4.78, 5) is 0. The smallest absolute Gasteiger partial charge is 0.133 e. The number of rotatable bonds is 3. The molecule has 3 heteroatoms. The van der Waals surface area contributed by atoms with E-state index < -0.39 is 0 Å². The first-order valence-electron chi connectivity index (χ1n) is 4.07. The van der Waals surface area contributed by atoms with Gasteiger partial charge in [-0.1, -0.05) is 19.8 Å². The van der Waals surface area contributed by atoms with Gasteiger partial charge in [0.25, 0.3) is 0 Å². The Morgan fingerprint density at radius 3 is 2.82 bits per heavy atom. The Hall–Kier alpha value is -0.860. The second-order valence-corrected chi connectivity index (χ2v) is 3.25. The van der Waals surface area contributed by atoms with E-state index in [-0.39, 0.29) is 5.41 Å². The highest BCUT2D eigenvalue weighted by Crippen LogP contribution is 2.25. The van der Waals surface area contributed by atoms with Crippen LogP contribution in [-0.2, 0) is 0 Å². The summed E-state index contributed by atoms with van der Waals surface area (Å²) in [7, 11) is 0. The summed E-state index contributed by atoms with van der Waals surface area (Å²) in [5, 5.41) is 7.61. The van der Waals surface area contributed by atoms with E-state index in [1.807, 2.05) is 6.21 Å². The lowest BCUT2D eigenvalue weighted by Gasteiger charge is -2.18. The molecule has 0 spiro atoms. The molecule has 0 bridgehead atoms. The molecule has 1 unspecified atom stereocenters. The summed E-state index contributed by atoms with van der Waals surface area (Å²) in [6, 6.07) is 0. The van der Waals surface area contributed by atoms with Crippen molar-refractivity contribution in [3.8, 4) is 0 Å². The first-order valence-corrected chi connectivity index (χ1v) is 4.07. The molecule has 0 amide bonds. The molecular formula is C8H15N3. The molecule has 0 aromatic heterocycles. The van der Waals surface area contributed by atoms with Gasteiger partial charge in [-0.15, -0.1) is 5.10 Å². The summed E-state index contributed by atoms with van der Waals surface area (Å²) in [5.74, 6) is 0.658. The lowest BCUT2D eigenvalue weighted by molar-refractivity contribution is 0.552.